The lowest BCUT2D eigenvalue weighted by molar-refractivity contribution is -0.140. The second-order valence-electron chi connectivity index (χ2n) is 6.20. The largest absolute Gasteiger partial charge is 0.507 e. The Bertz CT molecular complexity index is 922. The second-order valence-corrected chi connectivity index (χ2v) is 6.20. The lowest BCUT2D eigenvalue weighted by Crippen LogP contribution is -2.32. The summed E-state index contributed by atoms with van der Waals surface area (Å²) in [5, 5.41) is 20.2. The molecule has 7 nitrogen and oxygen atoms in total. The van der Waals surface area contributed by atoms with Gasteiger partial charge in [0.2, 0.25) is 0 Å². The summed E-state index contributed by atoms with van der Waals surface area (Å²) >= 11 is 0. The minimum atomic E-state index is -0.854. The van der Waals surface area contributed by atoms with Crippen LogP contribution in [0.3, 0.4) is 0 Å². The van der Waals surface area contributed by atoms with Crippen LogP contribution in [0.15, 0.2) is 54.1 Å². The number of ketones is 1. The van der Waals surface area contributed by atoms with Crippen molar-refractivity contribution in [2.24, 2.45) is 0 Å². The van der Waals surface area contributed by atoms with Gasteiger partial charge >= 0.3 is 0 Å². The van der Waals surface area contributed by atoms with Crippen molar-refractivity contribution < 1.29 is 29.3 Å². The van der Waals surface area contributed by atoms with E-state index in [9.17, 15) is 19.8 Å². The highest BCUT2D eigenvalue weighted by atomic mass is 16.5. The smallest absolute Gasteiger partial charge is 0.295 e. The molecular weight excluding hydrogens is 362 g/mol. The number of β-amino-alcohol motifs (C(OH)–C–C–N with tert-alkyl or cyclic N) is 1. The third-order valence-electron chi connectivity index (χ3n) is 4.65. The van der Waals surface area contributed by atoms with Gasteiger partial charge in [-0.1, -0.05) is 36.4 Å². The predicted octanol–water partition coefficient (Wildman–Crippen LogP) is 2.12. The molecule has 1 aliphatic rings. The molecule has 2 aromatic rings. The fourth-order valence-corrected chi connectivity index (χ4v) is 3.34. The van der Waals surface area contributed by atoms with Crippen molar-refractivity contribution >= 4 is 17.4 Å². The lowest BCUT2D eigenvalue weighted by Gasteiger charge is -2.25. The summed E-state index contributed by atoms with van der Waals surface area (Å²) in [5.41, 5.74) is 0.953. The Morgan fingerprint density at radius 1 is 1.04 bits per heavy atom. The van der Waals surface area contributed by atoms with E-state index in [4.69, 9.17) is 9.47 Å². The topological polar surface area (TPSA) is 96.3 Å². The first kappa shape index (κ1) is 19.4. The molecule has 1 heterocycles. The maximum atomic E-state index is 12.7. The standard InChI is InChI=1S/C21H21NO6/c1-27-15-9-8-14(12-16(15)28-2)18-17(19(24)13-6-4-3-5-7-13)20(25)21(26)22(18)10-11-23/h3-9,12,18,23-24H,10-11H2,1-2H3/t18-/m1/s1. The van der Waals surface area contributed by atoms with E-state index in [1.54, 1.807) is 48.5 Å². The molecule has 0 unspecified atom stereocenters. The van der Waals surface area contributed by atoms with Crippen LogP contribution in [0.4, 0.5) is 0 Å². The Labute approximate surface area is 162 Å². The van der Waals surface area contributed by atoms with Crippen LogP contribution >= 0.6 is 0 Å². The first-order valence-corrected chi connectivity index (χ1v) is 8.70. The minimum Gasteiger partial charge on any atom is -0.507 e. The minimum absolute atomic E-state index is 0.0307. The van der Waals surface area contributed by atoms with Crippen LogP contribution < -0.4 is 9.47 Å². The van der Waals surface area contributed by atoms with Gasteiger partial charge in [0.1, 0.15) is 5.76 Å². The summed E-state index contributed by atoms with van der Waals surface area (Å²) in [5.74, 6) is -0.914. The summed E-state index contributed by atoms with van der Waals surface area (Å²) in [4.78, 5) is 26.5. The number of aliphatic hydroxyl groups is 2. The molecule has 2 aromatic carbocycles. The van der Waals surface area contributed by atoms with E-state index < -0.39 is 17.7 Å². The molecule has 1 atom stereocenters. The number of hydrogen-bond acceptors (Lipinski definition) is 6. The third kappa shape index (κ3) is 3.32. The van der Waals surface area contributed by atoms with Crippen LogP contribution in [0.1, 0.15) is 17.2 Å². The van der Waals surface area contributed by atoms with Crippen LogP contribution in [0.5, 0.6) is 11.5 Å². The molecule has 1 saturated heterocycles. The summed E-state index contributed by atoms with van der Waals surface area (Å²) in [6, 6.07) is 12.7. The highest BCUT2D eigenvalue weighted by Crippen LogP contribution is 2.41. The summed E-state index contributed by atoms with van der Waals surface area (Å²) in [6.45, 7) is -0.364. The van der Waals surface area contributed by atoms with Gasteiger partial charge in [0.05, 0.1) is 32.4 Å². The van der Waals surface area contributed by atoms with Crippen molar-refractivity contribution in [3.8, 4) is 11.5 Å². The van der Waals surface area contributed by atoms with E-state index in [0.717, 1.165) is 0 Å². The molecule has 1 amide bonds. The van der Waals surface area contributed by atoms with Gasteiger partial charge in [0.15, 0.2) is 11.5 Å². The molecular formula is C21H21NO6. The van der Waals surface area contributed by atoms with Crippen molar-refractivity contribution in [1.82, 2.24) is 4.90 Å². The molecule has 2 N–H and O–H groups in total. The number of amides is 1. The van der Waals surface area contributed by atoms with E-state index in [1.807, 2.05) is 0 Å². The second kappa shape index (κ2) is 8.14. The SMILES string of the molecule is COc1ccc([C@@H]2C(=C(O)c3ccccc3)C(=O)C(=O)N2CCO)cc1OC. The molecule has 0 aromatic heterocycles. The van der Waals surface area contributed by atoms with E-state index in [-0.39, 0.29) is 24.5 Å². The van der Waals surface area contributed by atoms with Crippen LogP contribution in [-0.4, -0.2) is 54.2 Å². The number of rotatable bonds is 6. The first-order valence-electron chi connectivity index (χ1n) is 8.70. The van der Waals surface area contributed by atoms with Gasteiger partial charge in [0.25, 0.3) is 11.7 Å². The average Bonchev–Trinajstić information content (AvgIpc) is 2.98. The maximum absolute atomic E-state index is 12.7. The zero-order valence-corrected chi connectivity index (χ0v) is 15.6. The van der Waals surface area contributed by atoms with Gasteiger partial charge in [-0.25, -0.2) is 0 Å². The normalized spacial score (nSPS) is 18.4. The lowest BCUT2D eigenvalue weighted by atomic mass is 9.95. The monoisotopic (exact) mass is 383 g/mol. The fourth-order valence-electron chi connectivity index (χ4n) is 3.34. The summed E-state index contributed by atoms with van der Waals surface area (Å²) in [6.07, 6.45) is 0. The number of Topliss-reactive ketones (excluding diaryl/α,β-unsaturated/α-hetero) is 1. The van der Waals surface area contributed by atoms with Gasteiger partial charge < -0.3 is 24.6 Å². The van der Waals surface area contributed by atoms with Gasteiger partial charge in [-0.05, 0) is 17.7 Å². The number of hydrogen-bond donors (Lipinski definition) is 2. The highest BCUT2D eigenvalue weighted by Gasteiger charge is 2.46. The quantitative estimate of drug-likeness (QED) is 0.451. The number of methoxy groups -OCH3 is 2. The number of carbonyl (C=O) groups excluding carboxylic acids is 2. The fraction of sp³-hybridized carbons (Fsp3) is 0.238. The van der Waals surface area contributed by atoms with Gasteiger partial charge in [-0.15, -0.1) is 0 Å². The van der Waals surface area contributed by atoms with Crippen LogP contribution in [0.25, 0.3) is 5.76 Å². The van der Waals surface area contributed by atoms with Gasteiger partial charge in [-0.2, -0.15) is 0 Å². The van der Waals surface area contributed by atoms with Crippen molar-refractivity contribution in [2.45, 2.75) is 6.04 Å². The zero-order chi connectivity index (χ0) is 20.3. The zero-order valence-electron chi connectivity index (χ0n) is 15.6. The maximum Gasteiger partial charge on any atom is 0.295 e. The van der Waals surface area contributed by atoms with Crippen molar-refractivity contribution in [2.75, 3.05) is 27.4 Å². The number of carbonyl (C=O) groups is 2. The third-order valence-corrected chi connectivity index (χ3v) is 4.65. The Morgan fingerprint density at radius 2 is 1.71 bits per heavy atom. The van der Waals surface area contributed by atoms with E-state index in [0.29, 0.717) is 22.6 Å². The van der Waals surface area contributed by atoms with Crippen LogP contribution in [-0.2, 0) is 9.59 Å². The highest BCUT2D eigenvalue weighted by molar-refractivity contribution is 6.46. The number of nitrogens with zero attached hydrogens (tertiary/aromatic N) is 1. The van der Waals surface area contributed by atoms with E-state index in [1.165, 1.54) is 19.1 Å². The number of ether oxygens (including phenoxy) is 2. The molecule has 146 valence electrons. The molecule has 0 bridgehead atoms. The Kier molecular flexibility index (Phi) is 5.65. The first-order chi connectivity index (χ1) is 13.5. The van der Waals surface area contributed by atoms with Crippen LogP contribution in [0.2, 0.25) is 0 Å². The molecule has 7 heteroatoms. The van der Waals surface area contributed by atoms with Crippen molar-refractivity contribution in [3.05, 3.63) is 65.2 Å². The molecule has 3 rings (SSSR count). The molecule has 0 spiro atoms. The molecule has 1 aliphatic heterocycles. The number of benzene rings is 2. The predicted molar refractivity (Wildman–Crippen MR) is 102 cm³/mol. The molecule has 0 radical (unpaired) electrons. The average molecular weight is 383 g/mol. The number of aliphatic hydroxyl groups excluding tert-OH is 2. The Hall–Kier alpha value is -3.32. The van der Waals surface area contributed by atoms with Crippen molar-refractivity contribution in [1.29, 1.82) is 0 Å². The molecule has 1 fully saturated rings. The molecule has 0 aliphatic carbocycles. The van der Waals surface area contributed by atoms with Gasteiger partial charge in [-0.3, -0.25) is 9.59 Å². The van der Waals surface area contributed by atoms with Gasteiger partial charge in [0, 0.05) is 12.1 Å². The molecule has 0 saturated carbocycles. The number of likely N-dealkylation sites (tertiary alicyclic amines) is 1. The van der Waals surface area contributed by atoms with E-state index >= 15 is 0 Å². The van der Waals surface area contributed by atoms with Crippen LogP contribution in [0, 0.1) is 0 Å². The summed E-state index contributed by atoms with van der Waals surface area (Å²) in [7, 11) is 2.99. The van der Waals surface area contributed by atoms with E-state index in [2.05, 4.69) is 0 Å². The summed E-state index contributed by atoms with van der Waals surface area (Å²) < 4.78 is 10.6. The van der Waals surface area contributed by atoms with Crippen molar-refractivity contribution in [3.63, 3.8) is 0 Å². The molecule has 28 heavy (non-hydrogen) atoms. The Balaban J connectivity index is 2.20. The Morgan fingerprint density at radius 3 is 2.32 bits per heavy atom.